The fourth-order valence-corrected chi connectivity index (χ4v) is 3.18. The molecule has 0 spiro atoms. The molecular formula is C19H31N3O. The van der Waals surface area contributed by atoms with Crippen LogP contribution < -0.4 is 10.6 Å². The molecule has 1 aliphatic heterocycles. The Morgan fingerprint density at radius 1 is 1.17 bits per heavy atom. The van der Waals surface area contributed by atoms with E-state index in [1.54, 1.807) is 0 Å². The fourth-order valence-electron chi connectivity index (χ4n) is 3.18. The van der Waals surface area contributed by atoms with Crippen molar-refractivity contribution in [2.75, 3.05) is 26.2 Å². The normalized spacial score (nSPS) is 16.5. The number of benzene rings is 1. The van der Waals surface area contributed by atoms with Crippen molar-refractivity contribution in [2.24, 2.45) is 5.92 Å². The highest BCUT2D eigenvalue weighted by atomic mass is 16.2. The zero-order chi connectivity index (χ0) is 16.7. The standard InChI is InChI=1S/C19H31N3O/c1-15(2)10-11-20-19(23)21-14-18(22-12-6-7-13-22)17-9-5-4-8-16(17)3/h4-5,8-9,15,18H,6-7,10-14H2,1-3H3,(H2,20,21,23). The maximum atomic E-state index is 12.0. The molecule has 128 valence electrons. The van der Waals surface area contributed by atoms with Crippen molar-refractivity contribution in [3.05, 3.63) is 35.4 Å². The molecule has 1 fully saturated rings. The lowest BCUT2D eigenvalue weighted by Gasteiger charge is -2.29. The van der Waals surface area contributed by atoms with Crippen molar-refractivity contribution in [1.82, 2.24) is 15.5 Å². The third-order valence-electron chi connectivity index (χ3n) is 4.59. The maximum absolute atomic E-state index is 12.0. The second kappa shape index (κ2) is 8.92. The van der Waals surface area contributed by atoms with Crippen LogP contribution >= 0.6 is 0 Å². The number of rotatable bonds is 7. The molecule has 4 heteroatoms. The van der Waals surface area contributed by atoms with E-state index in [1.165, 1.54) is 24.0 Å². The lowest BCUT2D eigenvalue weighted by molar-refractivity contribution is 0.220. The topological polar surface area (TPSA) is 44.4 Å². The van der Waals surface area contributed by atoms with Gasteiger partial charge in [0.15, 0.2) is 0 Å². The van der Waals surface area contributed by atoms with E-state index in [1.807, 2.05) is 0 Å². The number of nitrogens with zero attached hydrogens (tertiary/aromatic N) is 1. The van der Waals surface area contributed by atoms with Gasteiger partial charge in [-0.05, 0) is 56.3 Å². The Morgan fingerprint density at radius 3 is 2.52 bits per heavy atom. The lowest BCUT2D eigenvalue weighted by Crippen LogP contribution is -2.42. The molecule has 1 aromatic carbocycles. The summed E-state index contributed by atoms with van der Waals surface area (Å²) in [6, 6.07) is 8.73. The molecule has 1 heterocycles. The molecular weight excluding hydrogens is 286 g/mol. The van der Waals surface area contributed by atoms with Gasteiger partial charge < -0.3 is 10.6 Å². The molecule has 1 aliphatic rings. The summed E-state index contributed by atoms with van der Waals surface area (Å²) in [5.74, 6) is 0.611. The molecule has 23 heavy (non-hydrogen) atoms. The Hall–Kier alpha value is -1.55. The first kappa shape index (κ1) is 17.8. The largest absolute Gasteiger partial charge is 0.338 e. The van der Waals surface area contributed by atoms with Crippen LogP contribution in [0.25, 0.3) is 0 Å². The van der Waals surface area contributed by atoms with Gasteiger partial charge in [0.2, 0.25) is 0 Å². The Bertz CT molecular complexity index is 495. The summed E-state index contributed by atoms with van der Waals surface area (Å²) in [4.78, 5) is 14.5. The number of carbonyl (C=O) groups is 1. The van der Waals surface area contributed by atoms with Gasteiger partial charge in [0.1, 0.15) is 0 Å². The Kier molecular flexibility index (Phi) is 6.90. The van der Waals surface area contributed by atoms with Crippen LogP contribution in [0.5, 0.6) is 0 Å². The first-order chi connectivity index (χ1) is 11.1. The Labute approximate surface area is 140 Å². The van der Waals surface area contributed by atoms with E-state index in [0.717, 1.165) is 26.1 Å². The van der Waals surface area contributed by atoms with Crippen molar-refractivity contribution in [3.8, 4) is 0 Å². The highest BCUT2D eigenvalue weighted by molar-refractivity contribution is 5.73. The van der Waals surface area contributed by atoms with Crippen molar-refractivity contribution < 1.29 is 4.79 Å². The summed E-state index contributed by atoms with van der Waals surface area (Å²) in [5, 5.41) is 6.02. The van der Waals surface area contributed by atoms with Crippen LogP contribution in [0.3, 0.4) is 0 Å². The zero-order valence-corrected chi connectivity index (χ0v) is 14.8. The predicted molar refractivity (Wildman–Crippen MR) is 95.6 cm³/mol. The van der Waals surface area contributed by atoms with Gasteiger partial charge in [-0.3, -0.25) is 4.90 Å². The number of carbonyl (C=O) groups excluding carboxylic acids is 1. The highest BCUT2D eigenvalue weighted by Gasteiger charge is 2.24. The maximum Gasteiger partial charge on any atom is 0.314 e. The number of nitrogens with one attached hydrogen (secondary N) is 2. The van der Waals surface area contributed by atoms with Crippen LogP contribution in [-0.2, 0) is 0 Å². The van der Waals surface area contributed by atoms with Crippen LogP contribution in [0, 0.1) is 12.8 Å². The molecule has 0 bridgehead atoms. The summed E-state index contributed by atoms with van der Waals surface area (Å²) < 4.78 is 0. The summed E-state index contributed by atoms with van der Waals surface area (Å²) in [7, 11) is 0. The SMILES string of the molecule is Cc1ccccc1C(CNC(=O)NCCC(C)C)N1CCCC1. The van der Waals surface area contributed by atoms with Crippen molar-refractivity contribution in [3.63, 3.8) is 0 Å². The van der Waals surface area contributed by atoms with E-state index >= 15 is 0 Å². The third kappa shape index (κ3) is 5.54. The number of aryl methyl sites for hydroxylation is 1. The first-order valence-electron chi connectivity index (χ1n) is 8.89. The molecule has 0 saturated carbocycles. The third-order valence-corrected chi connectivity index (χ3v) is 4.59. The molecule has 1 saturated heterocycles. The Morgan fingerprint density at radius 2 is 1.87 bits per heavy atom. The average Bonchev–Trinajstić information content (AvgIpc) is 3.03. The molecule has 2 amide bonds. The first-order valence-corrected chi connectivity index (χ1v) is 8.89. The second-order valence-electron chi connectivity index (χ2n) is 6.93. The van der Waals surface area contributed by atoms with Crippen LogP contribution in [0.4, 0.5) is 4.79 Å². The molecule has 2 N–H and O–H groups in total. The molecule has 0 aliphatic carbocycles. The van der Waals surface area contributed by atoms with E-state index in [9.17, 15) is 4.79 Å². The molecule has 0 aromatic heterocycles. The van der Waals surface area contributed by atoms with Crippen LogP contribution in [-0.4, -0.2) is 37.1 Å². The van der Waals surface area contributed by atoms with Gasteiger partial charge >= 0.3 is 6.03 Å². The van der Waals surface area contributed by atoms with Gasteiger partial charge in [0.05, 0.1) is 6.04 Å². The van der Waals surface area contributed by atoms with Crippen LogP contribution in [0.15, 0.2) is 24.3 Å². The predicted octanol–water partition coefficient (Wildman–Crippen LogP) is 3.48. The van der Waals surface area contributed by atoms with Crippen LogP contribution in [0.2, 0.25) is 0 Å². The van der Waals surface area contributed by atoms with Crippen molar-refractivity contribution >= 4 is 6.03 Å². The molecule has 1 atom stereocenters. The van der Waals surface area contributed by atoms with Gasteiger partial charge in [0.25, 0.3) is 0 Å². The zero-order valence-electron chi connectivity index (χ0n) is 14.8. The molecule has 2 rings (SSSR count). The number of amides is 2. The minimum absolute atomic E-state index is 0.0524. The van der Waals surface area contributed by atoms with E-state index in [0.29, 0.717) is 12.5 Å². The average molecular weight is 317 g/mol. The van der Waals surface area contributed by atoms with E-state index in [4.69, 9.17) is 0 Å². The van der Waals surface area contributed by atoms with Crippen molar-refractivity contribution in [2.45, 2.75) is 46.1 Å². The summed E-state index contributed by atoms with van der Waals surface area (Å²) in [5.41, 5.74) is 2.63. The quantitative estimate of drug-likeness (QED) is 0.808. The van der Waals surface area contributed by atoms with Crippen molar-refractivity contribution in [1.29, 1.82) is 0 Å². The van der Waals surface area contributed by atoms with Gasteiger partial charge in [-0.15, -0.1) is 0 Å². The molecule has 1 unspecified atom stereocenters. The van der Waals surface area contributed by atoms with Gasteiger partial charge in [-0.25, -0.2) is 4.79 Å². The number of urea groups is 1. The van der Waals surface area contributed by atoms with E-state index in [-0.39, 0.29) is 12.1 Å². The smallest absolute Gasteiger partial charge is 0.314 e. The van der Waals surface area contributed by atoms with Gasteiger partial charge in [0, 0.05) is 13.1 Å². The lowest BCUT2D eigenvalue weighted by atomic mass is 10.00. The minimum atomic E-state index is -0.0524. The second-order valence-corrected chi connectivity index (χ2v) is 6.93. The molecule has 0 radical (unpaired) electrons. The molecule has 4 nitrogen and oxygen atoms in total. The van der Waals surface area contributed by atoms with E-state index in [2.05, 4.69) is 60.6 Å². The molecule has 1 aromatic rings. The summed E-state index contributed by atoms with van der Waals surface area (Å²) >= 11 is 0. The number of hydrogen-bond acceptors (Lipinski definition) is 2. The van der Waals surface area contributed by atoms with E-state index < -0.39 is 0 Å². The Balaban J connectivity index is 1.93. The fraction of sp³-hybridized carbons (Fsp3) is 0.632. The highest BCUT2D eigenvalue weighted by Crippen LogP contribution is 2.26. The van der Waals surface area contributed by atoms with Gasteiger partial charge in [-0.1, -0.05) is 38.1 Å². The number of hydrogen-bond donors (Lipinski definition) is 2. The minimum Gasteiger partial charge on any atom is -0.338 e. The summed E-state index contributed by atoms with van der Waals surface area (Å²) in [6.07, 6.45) is 3.52. The van der Waals surface area contributed by atoms with Gasteiger partial charge in [-0.2, -0.15) is 0 Å². The monoisotopic (exact) mass is 317 g/mol. The summed E-state index contributed by atoms with van der Waals surface area (Å²) in [6.45, 7) is 10.1. The van der Waals surface area contributed by atoms with Crippen LogP contribution in [0.1, 0.15) is 50.3 Å². The number of likely N-dealkylation sites (tertiary alicyclic amines) is 1.